The van der Waals surface area contributed by atoms with E-state index in [1.807, 2.05) is 0 Å². The van der Waals surface area contributed by atoms with Gasteiger partial charge in [-0.1, -0.05) is 79.7 Å². The molecule has 1 heteroatoms. The molecule has 1 nitrogen and oxygen atoms in total. The van der Waals surface area contributed by atoms with Crippen molar-refractivity contribution < 1.29 is 4.74 Å². The third-order valence-electron chi connectivity index (χ3n) is 4.28. The largest absolute Gasteiger partial charge is 0.496 e. The maximum Gasteiger partial charge on any atom is 0.122 e. The van der Waals surface area contributed by atoms with Gasteiger partial charge in [-0.2, -0.15) is 0 Å². The second-order valence-corrected chi connectivity index (χ2v) is 5.68. The number of benzene rings is 3. The molecule has 3 aromatic rings. The molecule has 0 radical (unpaired) electrons. The highest BCUT2D eigenvalue weighted by molar-refractivity contribution is 5.47. The van der Waals surface area contributed by atoms with Gasteiger partial charge in [0.15, 0.2) is 0 Å². The van der Waals surface area contributed by atoms with Crippen LogP contribution in [0.2, 0.25) is 0 Å². The Labute approximate surface area is 138 Å². The van der Waals surface area contributed by atoms with Crippen molar-refractivity contribution in [2.45, 2.75) is 19.3 Å². The third-order valence-corrected chi connectivity index (χ3v) is 4.28. The van der Waals surface area contributed by atoms with Crippen molar-refractivity contribution in [3.8, 4) is 5.75 Å². The topological polar surface area (TPSA) is 9.23 Å². The van der Waals surface area contributed by atoms with Gasteiger partial charge < -0.3 is 4.74 Å². The summed E-state index contributed by atoms with van der Waals surface area (Å²) in [6, 6.07) is 27.9. The monoisotopic (exact) mass is 302 g/mol. The van der Waals surface area contributed by atoms with Crippen LogP contribution in [-0.4, -0.2) is 7.11 Å². The van der Waals surface area contributed by atoms with Crippen LogP contribution in [0.1, 0.15) is 35.1 Å². The fraction of sp³-hybridized carbons (Fsp3) is 0.182. The van der Waals surface area contributed by atoms with Crippen LogP contribution in [0, 0.1) is 0 Å². The summed E-state index contributed by atoms with van der Waals surface area (Å²) < 4.78 is 5.48. The van der Waals surface area contributed by atoms with Crippen LogP contribution in [0.4, 0.5) is 0 Å². The van der Waals surface area contributed by atoms with E-state index in [0.717, 1.165) is 12.2 Å². The Morgan fingerprint density at radius 2 is 1.30 bits per heavy atom. The summed E-state index contributed by atoms with van der Waals surface area (Å²) in [5, 5.41) is 0. The maximum atomic E-state index is 5.48. The normalized spacial score (nSPS) is 10.7. The van der Waals surface area contributed by atoms with Gasteiger partial charge in [0.25, 0.3) is 0 Å². The minimum atomic E-state index is 0.244. The third kappa shape index (κ3) is 3.29. The SMILES string of the molecule is CCc1cc(C(c2ccccc2)c2ccccc2)ccc1OC. The van der Waals surface area contributed by atoms with Gasteiger partial charge in [-0.25, -0.2) is 0 Å². The predicted molar refractivity (Wildman–Crippen MR) is 96.2 cm³/mol. The molecule has 0 atom stereocenters. The summed E-state index contributed by atoms with van der Waals surface area (Å²) in [5.74, 6) is 1.21. The highest BCUT2D eigenvalue weighted by Crippen LogP contribution is 2.34. The standard InChI is InChI=1S/C22H22O/c1-3-17-16-20(14-15-21(17)23-2)22(18-10-6-4-7-11-18)19-12-8-5-9-13-19/h4-16,22H,3H2,1-2H3. The Bertz CT molecular complexity index is 708. The minimum absolute atomic E-state index is 0.244. The molecule has 0 spiro atoms. The van der Waals surface area contributed by atoms with Gasteiger partial charge in [-0.3, -0.25) is 0 Å². The molecule has 0 aliphatic heterocycles. The molecule has 116 valence electrons. The van der Waals surface area contributed by atoms with Gasteiger partial charge in [0.2, 0.25) is 0 Å². The molecule has 0 aromatic heterocycles. The highest BCUT2D eigenvalue weighted by Gasteiger charge is 2.17. The number of hydrogen-bond acceptors (Lipinski definition) is 1. The quantitative estimate of drug-likeness (QED) is 0.570. The summed E-state index contributed by atoms with van der Waals surface area (Å²) in [5.41, 5.74) is 5.18. The Kier molecular flexibility index (Phi) is 4.77. The fourth-order valence-corrected chi connectivity index (χ4v) is 3.12. The van der Waals surface area contributed by atoms with Gasteiger partial charge in [0, 0.05) is 5.92 Å². The molecule has 0 saturated carbocycles. The molecule has 0 amide bonds. The Balaban J connectivity index is 2.13. The predicted octanol–water partition coefficient (Wildman–Crippen LogP) is 5.44. The lowest BCUT2D eigenvalue weighted by molar-refractivity contribution is 0.410. The lowest BCUT2D eigenvalue weighted by Crippen LogP contribution is -2.04. The zero-order valence-electron chi connectivity index (χ0n) is 13.7. The molecular weight excluding hydrogens is 280 g/mol. The number of methoxy groups -OCH3 is 1. The fourth-order valence-electron chi connectivity index (χ4n) is 3.12. The molecule has 0 aliphatic rings. The lowest BCUT2D eigenvalue weighted by atomic mass is 9.84. The molecule has 0 saturated heterocycles. The lowest BCUT2D eigenvalue weighted by Gasteiger charge is -2.20. The number of aryl methyl sites for hydroxylation is 1. The summed E-state index contributed by atoms with van der Waals surface area (Å²) in [4.78, 5) is 0. The van der Waals surface area contributed by atoms with Crippen LogP contribution in [0.25, 0.3) is 0 Å². The van der Waals surface area contributed by atoms with E-state index in [-0.39, 0.29) is 5.92 Å². The Hall–Kier alpha value is -2.54. The first-order valence-electron chi connectivity index (χ1n) is 8.10. The first-order valence-corrected chi connectivity index (χ1v) is 8.10. The van der Waals surface area contributed by atoms with Gasteiger partial charge in [0.1, 0.15) is 5.75 Å². The number of ether oxygens (including phenoxy) is 1. The van der Waals surface area contributed by atoms with Crippen LogP contribution in [0.3, 0.4) is 0 Å². The van der Waals surface area contributed by atoms with Crippen molar-refractivity contribution in [1.29, 1.82) is 0 Å². The maximum absolute atomic E-state index is 5.48. The molecule has 3 rings (SSSR count). The van der Waals surface area contributed by atoms with Crippen LogP contribution in [-0.2, 0) is 6.42 Å². The van der Waals surface area contributed by atoms with E-state index >= 15 is 0 Å². The van der Waals surface area contributed by atoms with Gasteiger partial charge in [-0.05, 0) is 34.7 Å². The van der Waals surface area contributed by atoms with Gasteiger partial charge in [-0.15, -0.1) is 0 Å². The van der Waals surface area contributed by atoms with E-state index in [1.165, 1.54) is 22.3 Å². The summed E-state index contributed by atoms with van der Waals surface area (Å²) >= 11 is 0. The molecular formula is C22H22O. The van der Waals surface area contributed by atoms with E-state index in [9.17, 15) is 0 Å². The van der Waals surface area contributed by atoms with Crippen molar-refractivity contribution in [2.24, 2.45) is 0 Å². The zero-order chi connectivity index (χ0) is 16.1. The van der Waals surface area contributed by atoms with Crippen LogP contribution in [0.5, 0.6) is 5.75 Å². The molecule has 3 aromatic carbocycles. The zero-order valence-corrected chi connectivity index (χ0v) is 13.7. The van der Waals surface area contributed by atoms with Crippen molar-refractivity contribution >= 4 is 0 Å². The smallest absolute Gasteiger partial charge is 0.122 e. The minimum Gasteiger partial charge on any atom is -0.496 e. The molecule has 0 bridgehead atoms. The van der Waals surface area contributed by atoms with E-state index < -0.39 is 0 Å². The average Bonchev–Trinajstić information content (AvgIpc) is 2.63. The first-order chi connectivity index (χ1) is 11.3. The van der Waals surface area contributed by atoms with Crippen LogP contribution in [0.15, 0.2) is 78.9 Å². The molecule has 0 unspecified atom stereocenters. The summed E-state index contributed by atoms with van der Waals surface area (Å²) in [6.45, 7) is 2.17. The van der Waals surface area contributed by atoms with E-state index in [4.69, 9.17) is 4.74 Å². The van der Waals surface area contributed by atoms with Crippen molar-refractivity contribution in [2.75, 3.05) is 7.11 Å². The van der Waals surface area contributed by atoms with E-state index in [2.05, 4.69) is 85.8 Å². The summed E-state index contributed by atoms with van der Waals surface area (Å²) in [6.07, 6.45) is 0.966. The second-order valence-electron chi connectivity index (χ2n) is 5.68. The Morgan fingerprint density at radius 3 is 1.78 bits per heavy atom. The van der Waals surface area contributed by atoms with Crippen LogP contribution < -0.4 is 4.74 Å². The molecule has 0 N–H and O–H groups in total. The number of rotatable bonds is 5. The van der Waals surface area contributed by atoms with E-state index in [1.54, 1.807) is 7.11 Å². The number of hydrogen-bond donors (Lipinski definition) is 0. The van der Waals surface area contributed by atoms with Crippen LogP contribution >= 0.6 is 0 Å². The first kappa shape index (κ1) is 15.4. The average molecular weight is 302 g/mol. The molecule has 0 heterocycles. The van der Waals surface area contributed by atoms with Gasteiger partial charge >= 0.3 is 0 Å². The van der Waals surface area contributed by atoms with Crippen molar-refractivity contribution in [3.05, 3.63) is 101 Å². The van der Waals surface area contributed by atoms with Gasteiger partial charge in [0.05, 0.1) is 7.11 Å². The molecule has 23 heavy (non-hydrogen) atoms. The second kappa shape index (κ2) is 7.15. The molecule has 0 aliphatic carbocycles. The summed E-state index contributed by atoms with van der Waals surface area (Å²) in [7, 11) is 1.74. The highest BCUT2D eigenvalue weighted by atomic mass is 16.5. The molecule has 0 fully saturated rings. The van der Waals surface area contributed by atoms with E-state index in [0.29, 0.717) is 0 Å². The Morgan fingerprint density at radius 1 is 0.739 bits per heavy atom. The van der Waals surface area contributed by atoms with Crippen molar-refractivity contribution in [1.82, 2.24) is 0 Å². The van der Waals surface area contributed by atoms with Crippen molar-refractivity contribution in [3.63, 3.8) is 0 Å².